The number of imidazole rings is 1. The molecule has 4 rings (SSSR count). The van der Waals surface area contributed by atoms with Crippen molar-refractivity contribution in [2.75, 3.05) is 7.11 Å². The van der Waals surface area contributed by atoms with Crippen molar-refractivity contribution in [3.8, 4) is 5.75 Å². The average molecular weight is 370 g/mol. The first-order valence-electron chi connectivity index (χ1n) is 8.87. The number of ether oxygens (including phenoxy) is 1. The Morgan fingerprint density at radius 1 is 1.31 bits per heavy atom. The molecule has 1 amide bonds. The number of nitrogens with zero attached hydrogens (tertiary/aromatic N) is 3. The fourth-order valence-corrected chi connectivity index (χ4v) is 4.42. The summed E-state index contributed by atoms with van der Waals surface area (Å²) in [6.45, 7) is 1.97. The van der Waals surface area contributed by atoms with Gasteiger partial charge in [0, 0.05) is 0 Å². The molecule has 1 aromatic carbocycles. The number of nitrogens with one attached hydrogen (secondary N) is 1. The molecule has 26 heavy (non-hydrogen) atoms. The van der Waals surface area contributed by atoms with Crippen LogP contribution in [0.1, 0.15) is 49.9 Å². The van der Waals surface area contributed by atoms with Crippen LogP contribution >= 0.6 is 11.3 Å². The third-order valence-corrected chi connectivity index (χ3v) is 6.02. The zero-order chi connectivity index (χ0) is 18.1. The molecular formula is C19H22N4O2S. The van der Waals surface area contributed by atoms with Crippen LogP contribution in [0.25, 0.3) is 4.96 Å². The van der Waals surface area contributed by atoms with Gasteiger partial charge >= 0.3 is 0 Å². The van der Waals surface area contributed by atoms with Crippen molar-refractivity contribution in [2.45, 2.75) is 44.1 Å². The number of amides is 1. The molecule has 6 nitrogen and oxygen atoms in total. The lowest BCUT2D eigenvalue weighted by Crippen LogP contribution is -2.43. The van der Waals surface area contributed by atoms with E-state index in [1.54, 1.807) is 17.1 Å². The number of carbonyl (C=O) groups excluding carboxylic acids is 1. The maximum atomic E-state index is 13.3. The minimum Gasteiger partial charge on any atom is -0.497 e. The predicted octanol–water partition coefficient (Wildman–Crippen LogP) is 3.49. The second-order valence-corrected chi connectivity index (χ2v) is 7.66. The summed E-state index contributed by atoms with van der Waals surface area (Å²) in [6, 6.07) is 7.74. The second kappa shape index (κ2) is 6.72. The number of hydrogen-bond donors (Lipinski definition) is 1. The van der Waals surface area contributed by atoms with Gasteiger partial charge in [-0.1, -0.05) is 36.3 Å². The van der Waals surface area contributed by atoms with Crippen LogP contribution in [-0.4, -0.2) is 27.6 Å². The van der Waals surface area contributed by atoms with Crippen molar-refractivity contribution in [3.05, 3.63) is 47.2 Å². The zero-order valence-corrected chi connectivity index (χ0v) is 15.8. The third kappa shape index (κ3) is 2.86. The number of carbonyl (C=O) groups is 1. The molecule has 2 aromatic heterocycles. The second-order valence-electron chi connectivity index (χ2n) is 6.84. The molecular weight excluding hydrogens is 348 g/mol. The SMILES string of the molecule is COc1ccc(C2(C(=O)NC(C)c3cn4ncsc4n3)CCCC2)cc1. The Labute approximate surface area is 156 Å². The van der Waals surface area contributed by atoms with Crippen molar-refractivity contribution < 1.29 is 9.53 Å². The van der Waals surface area contributed by atoms with Crippen molar-refractivity contribution in [2.24, 2.45) is 0 Å². The van der Waals surface area contributed by atoms with Crippen molar-refractivity contribution in [3.63, 3.8) is 0 Å². The number of hydrogen-bond acceptors (Lipinski definition) is 5. The molecule has 1 fully saturated rings. The quantitative estimate of drug-likeness (QED) is 0.746. The molecule has 1 aliphatic rings. The monoisotopic (exact) mass is 370 g/mol. The van der Waals surface area contributed by atoms with Crippen molar-refractivity contribution >= 4 is 22.2 Å². The van der Waals surface area contributed by atoms with Gasteiger partial charge in [0.1, 0.15) is 11.3 Å². The third-order valence-electron chi connectivity index (χ3n) is 5.33. The molecule has 0 bridgehead atoms. The average Bonchev–Trinajstić information content (AvgIpc) is 3.37. The van der Waals surface area contributed by atoms with E-state index in [0.717, 1.165) is 47.7 Å². The van der Waals surface area contributed by atoms with Gasteiger partial charge in [0.2, 0.25) is 10.9 Å². The molecule has 0 saturated heterocycles. The number of rotatable bonds is 5. The zero-order valence-electron chi connectivity index (χ0n) is 14.9. The van der Waals surface area contributed by atoms with Gasteiger partial charge in [-0.2, -0.15) is 5.10 Å². The van der Waals surface area contributed by atoms with E-state index in [-0.39, 0.29) is 11.9 Å². The molecule has 1 atom stereocenters. The molecule has 1 aliphatic carbocycles. The van der Waals surface area contributed by atoms with E-state index in [1.165, 1.54) is 11.3 Å². The van der Waals surface area contributed by atoms with Crippen molar-refractivity contribution in [1.82, 2.24) is 19.9 Å². The van der Waals surface area contributed by atoms with Crippen LogP contribution in [0.3, 0.4) is 0 Å². The standard InChI is InChI=1S/C19H22N4O2S/c1-13(16-11-23-18(22-16)26-12-20-23)21-17(24)19(9-3-4-10-19)14-5-7-15(25-2)8-6-14/h5-8,11-13H,3-4,9-10H2,1-2H3,(H,21,24). The summed E-state index contributed by atoms with van der Waals surface area (Å²) in [7, 11) is 1.65. The summed E-state index contributed by atoms with van der Waals surface area (Å²) in [5.41, 5.74) is 3.19. The summed E-state index contributed by atoms with van der Waals surface area (Å²) in [6.07, 6.45) is 5.76. The first-order valence-corrected chi connectivity index (χ1v) is 9.75. The van der Waals surface area contributed by atoms with Gasteiger partial charge in [-0.15, -0.1) is 0 Å². The molecule has 0 aliphatic heterocycles. The highest BCUT2D eigenvalue weighted by atomic mass is 32.1. The summed E-state index contributed by atoms with van der Waals surface area (Å²) in [5, 5.41) is 7.39. The van der Waals surface area contributed by atoms with Crippen LogP contribution in [0, 0.1) is 0 Å². The summed E-state index contributed by atoms with van der Waals surface area (Å²) < 4.78 is 7.00. The number of methoxy groups -OCH3 is 1. The Morgan fingerprint density at radius 2 is 2.04 bits per heavy atom. The Hall–Kier alpha value is -2.41. The highest BCUT2D eigenvalue weighted by molar-refractivity contribution is 7.14. The molecule has 3 aromatic rings. The van der Waals surface area contributed by atoms with E-state index in [0.29, 0.717) is 0 Å². The minimum atomic E-state index is -0.462. The van der Waals surface area contributed by atoms with Crippen LogP contribution in [-0.2, 0) is 10.2 Å². The van der Waals surface area contributed by atoms with Gasteiger partial charge in [-0.3, -0.25) is 4.79 Å². The van der Waals surface area contributed by atoms with Gasteiger partial charge < -0.3 is 10.1 Å². The number of benzene rings is 1. The lowest BCUT2D eigenvalue weighted by molar-refractivity contribution is -0.127. The van der Waals surface area contributed by atoms with Crippen LogP contribution in [0.5, 0.6) is 5.75 Å². The first-order chi connectivity index (χ1) is 12.6. The van der Waals surface area contributed by atoms with Crippen molar-refractivity contribution in [1.29, 1.82) is 0 Å². The van der Waals surface area contributed by atoms with E-state index in [4.69, 9.17) is 4.74 Å². The lowest BCUT2D eigenvalue weighted by atomic mass is 9.77. The van der Waals surface area contributed by atoms with E-state index < -0.39 is 5.41 Å². The molecule has 0 spiro atoms. The number of fused-ring (bicyclic) bond motifs is 1. The van der Waals surface area contributed by atoms with Gasteiger partial charge in [0.15, 0.2) is 0 Å². The topological polar surface area (TPSA) is 68.5 Å². The van der Waals surface area contributed by atoms with E-state index in [1.807, 2.05) is 37.4 Å². The molecule has 0 radical (unpaired) electrons. The Kier molecular flexibility index (Phi) is 4.40. The van der Waals surface area contributed by atoms with Crippen LogP contribution in [0.4, 0.5) is 0 Å². The summed E-state index contributed by atoms with van der Waals surface area (Å²) in [4.78, 5) is 18.7. The molecule has 7 heteroatoms. The van der Waals surface area contributed by atoms with E-state index >= 15 is 0 Å². The predicted molar refractivity (Wildman–Crippen MR) is 101 cm³/mol. The molecule has 1 N–H and O–H groups in total. The highest BCUT2D eigenvalue weighted by Gasteiger charge is 2.43. The molecule has 136 valence electrons. The van der Waals surface area contributed by atoms with Crippen LogP contribution < -0.4 is 10.1 Å². The highest BCUT2D eigenvalue weighted by Crippen LogP contribution is 2.42. The fourth-order valence-electron chi connectivity index (χ4n) is 3.81. The summed E-state index contributed by atoms with van der Waals surface area (Å²) in [5.74, 6) is 0.887. The van der Waals surface area contributed by atoms with Gasteiger partial charge in [-0.25, -0.2) is 9.50 Å². The smallest absolute Gasteiger partial charge is 0.231 e. The normalized spacial score (nSPS) is 17.3. The maximum Gasteiger partial charge on any atom is 0.231 e. The van der Waals surface area contributed by atoms with Crippen LogP contribution in [0.2, 0.25) is 0 Å². The Morgan fingerprint density at radius 3 is 2.69 bits per heavy atom. The van der Waals surface area contributed by atoms with E-state index in [2.05, 4.69) is 15.4 Å². The molecule has 1 saturated carbocycles. The largest absolute Gasteiger partial charge is 0.497 e. The minimum absolute atomic E-state index is 0.0805. The van der Waals surface area contributed by atoms with Gasteiger partial charge in [0.25, 0.3) is 0 Å². The first kappa shape index (κ1) is 17.0. The Balaban J connectivity index is 1.57. The van der Waals surface area contributed by atoms with Crippen LogP contribution in [0.15, 0.2) is 36.0 Å². The van der Waals surface area contributed by atoms with Gasteiger partial charge in [0.05, 0.1) is 30.5 Å². The van der Waals surface area contributed by atoms with E-state index in [9.17, 15) is 4.79 Å². The summed E-state index contributed by atoms with van der Waals surface area (Å²) >= 11 is 1.49. The Bertz CT molecular complexity index is 881. The van der Waals surface area contributed by atoms with Gasteiger partial charge in [-0.05, 0) is 37.5 Å². The lowest BCUT2D eigenvalue weighted by Gasteiger charge is -2.30. The number of aromatic nitrogens is 3. The molecule has 1 unspecified atom stereocenters. The maximum absolute atomic E-state index is 13.3. The molecule has 2 heterocycles. The fraction of sp³-hybridized carbons (Fsp3) is 0.421.